The van der Waals surface area contributed by atoms with E-state index < -0.39 is 11.2 Å². The fraction of sp³-hybridized carbons (Fsp3) is 0.148. The number of hydrogen-bond acceptors (Lipinski definition) is 4. The first-order chi connectivity index (χ1) is 16.8. The molecule has 1 saturated heterocycles. The van der Waals surface area contributed by atoms with Gasteiger partial charge < -0.3 is 5.32 Å². The maximum atomic E-state index is 13.6. The molecule has 2 amide bonds. The minimum atomic E-state index is -0.585. The molecule has 0 radical (unpaired) electrons. The molecule has 3 aromatic carbocycles. The van der Waals surface area contributed by atoms with Crippen molar-refractivity contribution in [1.29, 1.82) is 5.26 Å². The zero-order valence-corrected chi connectivity index (χ0v) is 21.3. The van der Waals surface area contributed by atoms with Crippen LogP contribution in [0.15, 0.2) is 77.3 Å². The fourth-order valence-electron chi connectivity index (χ4n) is 3.78. The van der Waals surface area contributed by atoms with Crippen molar-refractivity contribution in [3.8, 4) is 6.07 Å². The first-order valence-corrected chi connectivity index (χ1v) is 12.5. The summed E-state index contributed by atoms with van der Waals surface area (Å²) in [6.07, 6.45) is 0.299. The number of thioether (sulfide) groups is 1. The largest absolute Gasteiger partial charge is 0.321 e. The van der Waals surface area contributed by atoms with E-state index in [1.165, 1.54) is 16.7 Å². The Hall–Kier alpha value is -3.24. The number of rotatable bonds is 5. The smallest absolute Gasteiger partial charge is 0.269 e. The van der Waals surface area contributed by atoms with Crippen molar-refractivity contribution in [2.45, 2.75) is 25.5 Å². The van der Waals surface area contributed by atoms with Crippen LogP contribution in [0.3, 0.4) is 0 Å². The molecule has 176 valence electrons. The zero-order chi connectivity index (χ0) is 25.1. The first kappa shape index (κ1) is 24.9. The van der Waals surface area contributed by atoms with Crippen molar-refractivity contribution < 1.29 is 9.59 Å². The zero-order valence-electron chi connectivity index (χ0n) is 19.0. The van der Waals surface area contributed by atoms with Crippen LogP contribution in [-0.2, 0) is 16.0 Å². The summed E-state index contributed by atoms with van der Waals surface area (Å²) >= 11 is 13.7. The van der Waals surface area contributed by atoms with Crippen LogP contribution in [0.1, 0.15) is 16.7 Å². The molecule has 0 saturated carbocycles. The number of halogens is 2. The van der Waals surface area contributed by atoms with E-state index in [4.69, 9.17) is 23.2 Å². The van der Waals surface area contributed by atoms with E-state index in [0.717, 1.165) is 16.7 Å². The van der Waals surface area contributed by atoms with Gasteiger partial charge in [-0.1, -0.05) is 77.4 Å². The number of nitrogens with zero attached hydrogens (tertiary/aromatic N) is 2. The Labute approximate surface area is 218 Å². The minimum absolute atomic E-state index is 0.132. The van der Waals surface area contributed by atoms with E-state index >= 15 is 0 Å². The SMILES string of the molecule is Cc1cccc(NC(=O)/C(C#N)=C2\S[C@@H](Cc3cccc(Cl)c3Cl)C(=O)N2c2ccccc2)c1C. The number of anilines is 2. The summed E-state index contributed by atoms with van der Waals surface area (Å²) in [6.45, 7) is 3.85. The summed E-state index contributed by atoms with van der Waals surface area (Å²) in [7, 11) is 0. The van der Waals surface area contributed by atoms with Crippen LogP contribution in [0.25, 0.3) is 0 Å². The van der Waals surface area contributed by atoms with Crippen molar-refractivity contribution in [3.05, 3.63) is 104 Å². The number of nitriles is 1. The van der Waals surface area contributed by atoms with E-state index in [0.29, 0.717) is 27.8 Å². The van der Waals surface area contributed by atoms with Gasteiger partial charge in [0.15, 0.2) is 0 Å². The molecule has 1 heterocycles. The normalized spacial score (nSPS) is 16.7. The maximum Gasteiger partial charge on any atom is 0.269 e. The van der Waals surface area contributed by atoms with Gasteiger partial charge in [-0.25, -0.2) is 0 Å². The summed E-state index contributed by atoms with van der Waals surface area (Å²) < 4.78 is 0. The van der Waals surface area contributed by atoms with Gasteiger partial charge in [0.05, 0.1) is 15.3 Å². The van der Waals surface area contributed by atoms with E-state index in [1.807, 2.05) is 44.2 Å². The Morgan fingerprint density at radius 3 is 2.49 bits per heavy atom. The van der Waals surface area contributed by atoms with Crippen LogP contribution in [0.2, 0.25) is 10.0 Å². The van der Waals surface area contributed by atoms with Gasteiger partial charge in [0.25, 0.3) is 5.91 Å². The van der Waals surface area contributed by atoms with E-state index in [1.54, 1.807) is 42.5 Å². The molecular weight excluding hydrogens is 501 g/mol. The highest BCUT2D eigenvalue weighted by atomic mass is 35.5. The van der Waals surface area contributed by atoms with Crippen molar-refractivity contribution >= 4 is 58.2 Å². The van der Waals surface area contributed by atoms with E-state index in [2.05, 4.69) is 5.32 Å². The lowest BCUT2D eigenvalue weighted by Gasteiger charge is -2.19. The molecule has 35 heavy (non-hydrogen) atoms. The molecule has 0 spiro atoms. The number of benzene rings is 3. The molecule has 3 aromatic rings. The van der Waals surface area contributed by atoms with Crippen LogP contribution < -0.4 is 10.2 Å². The maximum absolute atomic E-state index is 13.6. The Morgan fingerprint density at radius 1 is 1.06 bits per heavy atom. The molecular formula is C27H21Cl2N3O2S. The quantitative estimate of drug-likeness (QED) is 0.300. The van der Waals surface area contributed by atoms with Crippen LogP contribution >= 0.6 is 35.0 Å². The molecule has 8 heteroatoms. The Bertz CT molecular complexity index is 1380. The molecule has 4 rings (SSSR count). The van der Waals surface area contributed by atoms with Gasteiger partial charge in [0.1, 0.15) is 16.7 Å². The average Bonchev–Trinajstić information content (AvgIpc) is 3.16. The summed E-state index contributed by atoms with van der Waals surface area (Å²) in [5.41, 5.74) is 3.71. The lowest BCUT2D eigenvalue weighted by Crippen LogP contribution is -2.31. The molecule has 1 atom stereocenters. The van der Waals surface area contributed by atoms with Crippen LogP contribution in [0.4, 0.5) is 11.4 Å². The third kappa shape index (κ3) is 5.08. The highest BCUT2D eigenvalue weighted by Gasteiger charge is 2.41. The Kier molecular flexibility index (Phi) is 7.51. The van der Waals surface area contributed by atoms with Gasteiger partial charge in [0, 0.05) is 11.4 Å². The molecule has 1 aliphatic rings. The number of aryl methyl sites for hydroxylation is 1. The monoisotopic (exact) mass is 521 g/mol. The molecule has 0 bridgehead atoms. The van der Waals surface area contributed by atoms with Gasteiger partial charge in [-0.15, -0.1) is 0 Å². The average molecular weight is 522 g/mol. The first-order valence-electron chi connectivity index (χ1n) is 10.8. The number of para-hydroxylation sites is 1. The summed E-state index contributed by atoms with van der Waals surface area (Å²) in [5, 5.41) is 13.3. The van der Waals surface area contributed by atoms with E-state index in [-0.39, 0.29) is 16.5 Å². The molecule has 0 aliphatic carbocycles. The predicted molar refractivity (Wildman–Crippen MR) is 143 cm³/mol. The lowest BCUT2D eigenvalue weighted by atomic mass is 10.1. The van der Waals surface area contributed by atoms with Crippen molar-refractivity contribution in [3.63, 3.8) is 0 Å². The van der Waals surface area contributed by atoms with Crippen LogP contribution in [0, 0.1) is 25.2 Å². The molecule has 0 unspecified atom stereocenters. The third-order valence-corrected chi connectivity index (χ3v) is 7.93. The molecule has 0 aromatic heterocycles. The van der Waals surface area contributed by atoms with E-state index in [9.17, 15) is 14.9 Å². The standard InChI is InChI=1S/C27H21Cl2N3O2S/c1-16-8-6-13-22(17(16)2)31-25(33)20(15-30)27-32(19-10-4-3-5-11-19)26(34)23(35-27)14-18-9-7-12-21(28)24(18)29/h3-13,23H,14H2,1-2H3,(H,31,33)/b27-20-/t23-/m0/s1. The predicted octanol–water partition coefficient (Wildman–Crippen LogP) is 6.68. The second-order valence-corrected chi connectivity index (χ2v) is 10.0. The topological polar surface area (TPSA) is 73.2 Å². The minimum Gasteiger partial charge on any atom is -0.321 e. The number of nitrogens with one attached hydrogen (secondary N) is 1. The van der Waals surface area contributed by atoms with Crippen molar-refractivity contribution in [2.24, 2.45) is 0 Å². The van der Waals surface area contributed by atoms with Gasteiger partial charge in [-0.2, -0.15) is 5.26 Å². The van der Waals surface area contributed by atoms with Crippen molar-refractivity contribution in [1.82, 2.24) is 0 Å². The lowest BCUT2D eigenvalue weighted by molar-refractivity contribution is -0.117. The Balaban J connectivity index is 1.74. The van der Waals surface area contributed by atoms with Crippen LogP contribution in [0.5, 0.6) is 0 Å². The van der Waals surface area contributed by atoms with Crippen LogP contribution in [-0.4, -0.2) is 17.1 Å². The van der Waals surface area contributed by atoms with Gasteiger partial charge >= 0.3 is 0 Å². The van der Waals surface area contributed by atoms with Gasteiger partial charge in [-0.3, -0.25) is 14.5 Å². The molecule has 1 aliphatic heterocycles. The highest BCUT2D eigenvalue weighted by Crippen LogP contribution is 2.43. The molecule has 1 N–H and O–H groups in total. The number of carbonyl (C=O) groups is 2. The number of carbonyl (C=O) groups excluding carboxylic acids is 2. The molecule has 1 fully saturated rings. The summed E-state index contributed by atoms with van der Waals surface area (Å²) in [5.74, 6) is -0.807. The van der Waals surface area contributed by atoms with Crippen molar-refractivity contribution in [2.75, 3.05) is 10.2 Å². The summed E-state index contributed by atoms with van der Waals surface area (Å²) in [6, 6.07) is 21.8. The third-order valence-electron chi connectivity index (χ3n) is 5.81. The number of hydrogen-bond donors (Lipinski definition) is 1. The summed E-state index contributed by atoms with van der Waals surface area (Å²) in [4.78, 5) is 28.3. The second-order valence-electron chi connectivity index (χ2n) is 8.03. The number of amides is 2. The van der Waals surface area contributed by atoms with Gasteiger partial charge in [-0.05, 0) is 61.2 Å². The molecule has 5 nitrogen and oxygen atoms in total. The second kappa shape index (κ2) is 10.6. The Morgan fingerprint density at radius 2 is 1.77 bits per heavy atom. The fourth-order valence-corrected chi connectivity index (χ4v) is 5.47. The van der Waals surface area contributed by atoms with Gasteiger partial charge in [0.2, 0.25) is 5.91 Å². The highest BCUT2D eigenvalue weighted by molar-refractivity contribution is 8.05.